The van der Waals surface area contributed by atoms with E-state index in [1.54, 1.807) is 12.1 Å². The van der Waals surface area contributed by atoms with Crippen LogP contribution in [0.3, 0.4) is 0 Å². The Kier molecular flexibility index (Phi) is 3.27. The lowest BCUT2D eigenvalue weighted by molar-refractivity contribution is 0.103. The molecule has 0 radical (unpaired) electrons. The van der Waals surface area contributed by atoms with E-state index >= 15 is 0 Å². The van der Waals surface area contributed by atoms with Crippen molar-refractivity contribution in [2.24, 2.45) is 0 Å². The summed E-state index contributed by atoms with van der Waals surface area (Å²) in [6.07, 6.45) is 0. The van der Waals surface area contributed by atoms with Gasteiger partial charge in [0.15, 0.2) is 0 Å². The number of hydrogen-bond donors (Lipinski definition) is 1. The van der Waals surface area contributed by atoms with Crippen molar-refractivity contribution >= 4 is 34.5 Å². The molecule has 0 saturated heterocycles. The summed E-state index contributed by atoms with van der Waals surface area (Å²) < 4.78 is 0.619. The number of benzene rings is 1. The molecule has 0 bridgehead atoms. The molecule has 1 aromatic carbocycles. The quantitative estimate of drug-likeness (QED) is 0.860. The van der Waals surface area contributed by atoms with E-state index in [9.17, 15) is 4.79 Å². The van der Waals surface area contributed by atoms with Gasteiger partial charge in [0, 0.05) is 5.69 Å². The smallest absolute Gasteiger partial charge is 0.265 e. The molecule has 1 heterocycles. The Morgan fingerprint density at radius 1 is 1.19 bits per heavy atom. The highest BCUT2D eigenvalue weighted by atomic mass is 35.5. The van der Waals surface area contributed by atoms with Gasteiger partial charge in [0.25, 0.3) is 5.91 Å². The molecule has 2 aromatic rings. The fourth-order valence-corrected chi connectivity index (χ4v) is 2.20. The molecule has 1 N–H and O–H groups in total. The molecule has 2 nitrogen and oxygen atoms in total. The molecule has 0 aliphatic heterocycles. The molecule has 1 amide bonds. The number of carbonyl (C=O) groups is 1. The number of rotatable bonds is 2. The van der Waals surface area contributed by atoms with Crippen LogP contribution in [0, 0.1) is 6.92 Å². The SMILES string of the molecule is Cc1ccc(NC(=O)c2ccc(Cl)s2)cc1. The van der Waals surface area contributed by atoms with Crippen molar-refractivity contribution in [2.45, 2.75) is 6.92 Å². The Morgan fingerprint density at radius 2 is 1.88 bits per heavy atom. The Morgan fingerprint density at radius 3 is 2.44 bits per heavy atom. The number of thiophene rings is 1. The second-order valence-electron chi connectivity index (χ2n) is 3.42. The monoisotopic (exact) mass is 251 g/mol. The van der Waals surface area contributed by atoms with Crippen molar-refractivity contribution in [1.29, 1.82) is 0 Å². The highest BCUT2D eigenvalue weighted by Gasteiger charge is 2.08. The Bertz CT molecular complexity index is 504. The average molecular weight is 252 g/mol. The third kappa shape index (κ3) is 2.62. The molecule has 0 aliphatic carbocycles. The van der Waals surface area contributed by atoms with E-state index in [2.05, 4.69) is 5.32 Å². The van der Waals surface area contributed by atoms with Gasteiger partial charge in [-0.05, 0) is 31.2 Å². The first-order valence-electron chi connectivity index (χ1n) is 4.78. The molecule has 2 rings (SSSR count). The van der Waals surface area contributed by atoms with Crippen molar-refractivity contribution in [2.75, 3.05) is 5.32 Å². The molecule has 0 unspecified atom stereocenters. The lowest BCUT2D eigenvalue weighted by Gasteiger charge is -2.03. The Hall–Kier alpha value is -1.32. The second-order valence-corrected chi connectivity index (χ2v) is 5.14. The zero-order valence-electron chi connectivity index (χ0n) is 8.66. The predicted octanol–water partition coefficient (Wildman–Crippen LogP) is 3.96. The van der Waals surface area contributed by atoms with Crippen LogP contribution in [0.1, 0.15) is 15.2 Å². The van der Waals surface area contributed by atoms with Crippen LogP contribution >= 0.6 is 22.9 Å². The molecular formula is C12H10ClNOS. The van der Waals surface area contributed by atoms with Gasteiger partial charge in [-0.1, -0.05) is 29.3 Å². The minimum atomic E-state index is -0.124. The minimum absolute atomic E-state index is 0.124. The maximum absolute atomic E-state index is 11.8. The normalized spacial score (nSPS) is 10.1. The van der Waals surface area contributed by atoms with Crippen molar-refractivity contribution in [3.8, 4) is 0 Å². The van der Waals surface area contributed by atoms with Crippen molar-refractivity contribution < 1.29 is 4.79 Å². The zero-order valence-corrected chi connectivity index (χ0v) is 10.2. The molecule has 0 saturated carbocycles. The fraction of sp³-hybridized carbons (Fsp3) is 0.0833. The number of halogens is 1. The summed E-state index contributed by atoms with van der Waals surface area (Å²) in [6.45, 7) is 2.00. The molecule has 0 fully saturated rings. The van der Waals surface area contributed by atoms with Gasteiger partial charge < -0.3 is 5.32 Å². The van der Waals surface area contributed by atoms with Crippen LogP contribution < -0.4 is 5.32 Å². The first-order valence-corrected chi connectivity index (χ1v) is 5.98. The van der Waals surface area contributed by atoms with Crippen LogP contribution in [-0.2, 0) is 0 Å². The van der Waals surface area contributed by atoms with Gasteiger partial charge in [0.05, 0.1) is 9.21 Å². The fourth-order valence-electron chi connectivity index (χ4n) is 1.27. The van der Waals surface area contributed by atoms with Gasteiger partial charge in [-0.15, -0.1) is 11.3 Å². The van der Waals surface area contributed by atoms with Gasteiger partial charge in [0.1, 0.15) is 0 Å². The van der Waals surface area contributed by atoms with Crippen LogP contribution in [0.25, 0.3) is 0 Å². The number of amides is 1. The molecular weight excluding hydrogens is 242 g/mol. The highest BCUT2D eigenvalue weighted by molar-refractivity contribution is 7.18. The number of aryl methyl sites for hydroxylation is 1. The number of nitrogens with one attached hydrogen (secondary N) is 1. The zero-order chi connectivity index (χ0) is 11.5. The number of hydrogen-bond acceptors (Lipinski definition) is 2. The summed E-state index contributed by atoms with van der Waals surface area (Å²) in [5.74, 6) is -0.124. The molecule has 0 aliphatic rings. The third-order valence-electron chi connectivity index (χ3n) is 2.11. The number of carbonyl (C=O) groups excluding carboxylic acids is 1. The van der Waals surface area contributed by atoms with E-state index in [0.717, 1.165) is 11.3 Å². The first-order chi connectivity index (χ1) is 7.65. The molecule has 16 heavy (non-hydrogen) atoms. The van der Waals surface area contributed by atoms with Gasteiger partial charge in [0.2, 0.25) is 0 Å². The molecule has 82 valence electrons. The van der Waals surface area contributed by atoms with E-state index in [4.69, 9.17) is 11.6 Å². The molecule has 0 spiro atoms. The Balaban J connectivity index is 2.10. The largest absolute Gasteiger partial charge is 0.321 e. The van der Waals surface area contributed by atoms with E-state index < -0.39 is 0 Å². The lowest BCUT2D eigenvalue weighted by atomic mass is 10.2. The molecule has 4 heteroatoms. The van der Waals surface area contributed by atoms with E-state index in [0.29, 0.717) is 9.21 Å². The third-order valence-corrected chi connectivity index (χ3v) is 3.34. The van der Waals surface area contributed by atoms with Crippen LogP contribution in [0.4, 0.5) is 5.69 Å². The average Bonchev–Trinajstić information content (AvgIpc) is 2.68. The molecule has 0 atom stereocenters. The summed E-state index contributed by atoms with van der Waals surface area (Å²) in [5, 5.41) is 2.81. The van der Waals surface area contributed by atoms with Crippen LogP contribution in [0.15, 0.2) is 36.4 Å². The van der Waals surface area contributed by atoms with Crippen molar-refractivity contribution in [1.82, 2.24) is 0 Å². The van der Waals surface area contributed by atoms with Crippen molar-refractivity contribution in [3.63, 3.8) is 0 Å². The van der Waals surface area contributed by atoms with Gasteiger partial charge in [-0.2, -0.15) is 0 Å². The van der Waals surface area contributed by atoms with Gasteiger partial charge in [-0.3, -0.25) is 4.79 Å². The highest BCUT2D eigenvalue weighted by Crippen LogP contribution is 2.22. The summed E-state index contributed by atoms with van der Waals surface area (Å²) in [6, 6.07) is 11.1. The van der Waals surface area contributed by atoms with E-state index in [-0.39, 0.29) is 5.91 Å². The minimum Gasteiger partial charge on any atom is -0.321 e. The summed E-state index contributed by atoms with van der Waals surface area (Å²) in [7, 11) is 0. The topological polar surface area (TPSA) is 29.1 Å². The summed E-state index contributed by atoms with van der Waals surface area (Å²) >= 11 is 7.04. The van der Waals surface area contributed by atoms with Crippen molar-refractivity contribution in [3.05, 3.63) is 51.2 Å². The first kappa shape index (κ1) is 11.2. The van der Waals surface area contributed by atoms with Crippen LogP contribution in [0.2, 0.25) is 4.34 Å². The maximum atomic E-state index is 11.8. The summed E-state index contributed by atoms with van der Waals surface area (Å²) in [4.78, 5) is 12.4. The Labute approximate surface area is 103 Å². The molecule has 1 aromatic heterocycles. The van der Waals surface area contributed by atoms with Crippen LogP contribution in [0.5, 0.6) is 0 Å². The lowest BCUT2D eigenvalue weighted by Crippen LogP contribution is -2.09. The second kappa shape index (κ2) is 4.68. The maximum Gasteiger partial charge on any atom is 0.265 e. The van der Waals surface area contributed by atoms with E-state index in [1.807, 2.05) is 31.2 Å². The summed E-state index contributed by atoms with van der Waals surface area (Å²) in [5.41, 5.74) is 1.96. The number of anilines is 1. The predicted molar refractivity (Wildman–Crippen MR) is 68.5 cm³/mol. The standard InChI is InChI=1S/C12H10ClNOS/c1-8-2-4-9(5-3-8)14-12(15)10-6-7-11(13)16-10/h2-7H,1H3,(H,14,15). The van der Waals surface area contributed by atoms with Gasteiger partial charge >= 0.3 is 0 Å². The van der Waals surface area contributed by atoms with E-state index in [1.165, 1.54) is 11.3 Å². The van der Waals surface area contributed by atoms with Crippen LogP contribution in [-0.4, -0.2) is 5.91 Å². The van der Waals surface area contributed by atoms with Gasteiger partial charge in [-0.25, -0.2) is 0 Å².